The Morgan fingerprint density at radius 2 is 2.29 bits per heavy atom. The zero-order valence-electron chi connectivity index (χ0n) is 3.55. The van der Waals surface area contributed by atoms with Crippen molar-refractivity contribution in [3.05, 3.63) is 0 Å². The summed E-state index contributed by atoms with van der Waals surface area (Å²) < 4.78 is 0. The van der Waals surface area contributed by atoms with Gasteiger partial charge in [0.15, 0.2) is 0 Å². The number of rotatable bonds is 0. The van der Waals surface area contributed by atoms with E-state index in [4.69, 9.17) is 24.4 Å². The van der Waals surface area contributed by atoms with Crippen molar-refractivity contribution in [1.29, 1.82) is 0 Å². The monoisotopic (exact) mass is 129 g/mol. The highest BCUT2D eigenvalue weighted by atomic mass is 32.1. The minimum atomic E-state index is 0.633. The van der Waals surface area contributed by atoms with Gasteiger partial charge in [-0.1, -0.05) is 24.4 Å². The fourth-order valence-electron chi connectivity index (χ4n) is 0.361. The second-order valence-corrected chi connectivity index (χ2v) is 2.19. The topological polar surface area (TPSA) is 12.4 Å². The van der Waals surface area contributed by atoms with E-state index in [1.54, 1.807) is 6.21 Å². The van der Waals surface area contributed by atoms with Crippen LogP contribution in [0.2, 0.25) is 0 Å². The molecule has 0 saturated heterocycles. The van der Waals surface area contributed by atoms with Gasteiger partial charge >= 0.3 is 0 Å². The second-order valence-electron chi connectivity index (χ2n) is 1.26. The Balaban J connectivity index is 2.81. The van der Waals surface area contributed by atoms with Crippen molar-refractivity contribution >= 4 is 40.4 Å². The molecular weight excluding hydrogens is 126 g/mol. The van der Waals surface area contributed by atoms with Crippen molar-refractivity contribution in [2.45, 2.75) is 0 Å². The van der Waals surface area contributed by atoms with Gasteiger partial charge in [-0.15, -0.1) is 0 Å². The third-order valence-corrected chi connectivity index (χ3v) is 1.55. The normalized spacial score (nSPS) is 18.9. The van der Waals surface area contributed by atoms with E-state index >= 15 is 0 Å². The summed E-state index contributed by atoms with van der Waals surface area (Å²) in [6.07, 6.45) is 1.64. The van der Waals surface area contributed by atoms with Crippen LogP contribution in [0.1, 0.15) is 0 Å². The number of nitrogens with zero attached hydrogens (tertiary/aromatic N) is 1. The van der Waals surface area contributed by atoms with E-state index in [0.29, 0.717) is 6.54 Å². The SMILES string of the molecule is S=C1C=NCC1=S. The first-order chi connectivity index (χ1) is 3.30. The molecule has 0 aromatic heterocycles. The van der Waals surface area contributed by atoms with E-state index in [-0.39, 0.29) is 0 Å². The molecule has 7 heavy (non-hydrogen) atoms. The largest absolute Gasteiger partial charge is 0.286 e. The van der Waals surface area contributed by atoms with E-state index in [0.717, 1.165) is 9.73 Å². The van der Waals surface area contributed by atoms with Gasteiger partial charge in [0, 0.05) is 6.21 Å². The van der Waals surface area contributed by atoms with E-state index < -0.39 is 0 Å². The molecule has 0 aromatic rings. The van der Waals surface area contributed by atoms with Gasteiger partial charge in [-0.25, -0.2) is 0 Å². The molecule has 3 heteroatoms. The first-order valence-corrected chi connectivity index (χ1v) is 2.69. The van der Waals surface area contributed by atoms with Gasteiger partial charge in [-0.2, -0.15) is 0 Å². The molecule has 1 nitrogen and oxygen atoms in total. The smallest absolute Gasteiger partial charge is 0.0756 e. The molecule has 0 radical (unpaired) electrons. The highest BCUT2D eigenvalue weighted by Crippen LogP contribution is 1.91. The maximum absolute atomic E-state index is 4.78. The summed E-state index contributed by atoms with van der Waals surface area (Å²) in [7, 11) is 0. The third kappa shape index (κ3) is 0.894. The lowest BCUT2D eigenvalue weighted by Crippen LogP contribution is -2.03. The molecular formula is C4H3NS2. The molecule has 0 bridgehead atoms. The molecule has 0 atom stereocenters. The summed E-state index contributed by atoms with van der Waals surface area (Å²) in [6.45, 7) is 0.633. The zero-order chi connectivity index (χ0) is 5.28. The van der Waals surface area contributed by atoms with Crippen LogP contribution in [0.4, 0.5) is 0 Å². The van der Waals surface area contributed by atoms with Crippen LogP contribution in [0.3, 0.4) is 0 Å². The van der Waals surface area contributed by atoms with Crippen molar-refractivity contribution in [2.24, 2.45) is 4.99 Å². The minimum absolute atomic E-state index is 0.633. The molecule has 0 aliphatic carbocycles. The van der Waals surface area contributed by atoms with Crippen LogP contribution in [0.25, 0.3) is 0 Å². The van der Waals surface area contributed by atoms with Crippen molar-refractivity contribution in [2.75, 3.05) is 6.54 Å². The van der Waals surface area contributed by atoms with Crippen molar-refractivity contribution in [3.63, 3.8) is 0 Å². The number of thiocarbonyl (C=S) groups is 2. The third-order valence-electron chi connectivity index (χ3n) is 0.718. The molecule has 36 valence electrons. The maximum Gasteiger partial charge on any atom is 0.0756 e. The Labute approximate surface area is 52.4 Å². The quantitative estimate of drug-likeness (QED) is 0.449. The van der Waals surface area contributed by atoms with Crippen molar-refractivity contribution in [1.82, 2.24) is 0 Å². The molecule has 1 aliphatic rings. The Kier molecular flexibility index (Phi) is 1.25. The van der Waals surface area contributed by atoms with E-state index in [1.807, 2.05) is 0 Å². The van der Waals surface area contributed by atoms with Crippen LogP contribution in [0, 0.1) is 0 Å². The Hall–Kier alpha value is -0.150. The summed E-state index contributed by atoms with van der Waals surface area (Å²) in [4.78, 5) is 5.37. The lowest BCUT2D eigenvalue weighted by Gasteiger charge is -1.79. The number of hydrogen-bond donors (Lipinski definition) is 0. The van der Waals surface area contributed by atoms with Gasteiger partial charge in [-0.3, -0.25) is 4.99 Å². The van der Waals surface area contributed by atoms with Gasteiger partial charge in [0.2, 0.25) is 0 Å². The molecule has 0 fully saturated rings. The molecule has 0 aromatic carbocycles. The molecule has 0 amide bonds. The Morgan fingerprint density at radius 1 is 1.57 bits per heavy atom. The lowest BCUT2D eigenvalue weighted by atomic mass is 10.4. The highest BCUT2D eigenvalue weighted by molar-refractivity contribution is 7.90. The Morgan fingerprint density at radius 3 is 2.43 bits per heavy atom. The van der Waals surface area contributed by atoms with E-state index in [2.05, 4.69) is 4.99 Å². The maximum atomic E-state index is 4.78. The standard InChI is InChI=1S/C4H3NS2/c6-3-1-5-2-4(3)7/h1H,2H2. The summed E-state index contributed by atoms with van der Waals surface area (Å²) in [5, 5.41) is 0. The average molecular weight is 129 g/mol. The van der Waals surface area contributed by atoms with Crippen LogP contribution in [0.15, 0.2) is 4.99 Å². The summed E-state index contributed by atoms with van der Waals surface area (Å²) >= 11 is 9.53. The summed E-state index contributed by atoms with van der Waals surface area (Å²) in [5.41, 5.74) is 0. The van der Waals surface area contributed by atoms with Crippen LogP contribution >= 0.6 is 24.4 Å². The number of aliphatic imine (C=N–C) groups is 1. The van der Waals surface area contributed by atoms with Gasteiger partial charge in [-0.05, 0) is 0 Å². The lowest BCUT2D eigenvalue weighted by molar-refractivity contribution is 1.38. The zero-order valence-corrected chi connectivity index (χ0v) is 5.18. The van der Waals surface area contributed by atoms with E-state index in [9.17, 15) is 0 Å². The molecule has 0 saturated carbocycles. The summed E-state index contributed by atoms with van der Waals surface area (Å²) in [6, 6.07) is 0. The fourth-order valence-corrected chi connectivity index (χ4v) is 0.628. The van der Waals surface area contributed by atoms with Crippen LogP contribution in [0.5, 0.6) is 0 Å². The summed E-state index contributed by atoms with van der Waals surface area (Å²) in [5.74, 6) is 0. The van der Waals surface area contributed by atoms with Crippen LogP contribution in [-0.4, -0.2) is 22.5 Å². The van der Waals surface area contributed by atoms with Gasteiger partial charge in [0.1, 0.15) is 0 Å². The van der Waals surface area contributed by atoms with Gasteiger partial charge < -0.3 is 0 Å². The van der Waals surface area contributed by atoms with Crippen molar-refractivity contribution < 1.29 is 0 Å². The first kappa shape index (κ1) is 5.00. The fraction of sp³-hybridized carbons (Fsp3) is 0.250. The molecule has 0 N–H and O–H groups in total. The first-order valence-electron chi connectivity index (χ1n) is 1.87. The number of hydrogen-bond acceptors (Lipinski definition) is 3. The van der Waals surface area contributed by atoms with Gasteiger partial charge in [0.25, 0.3) is 0 Å². The molecule has 0 spiro atoms. The molecule has 1 rings (SSSR count). The highest BCUT2D eigenvalue weighted by Gasteiger charge is 2.04. The molecule has 1 aliphatic heterocycles. The van der Waals surface area contributed by atoms with Crippen LogP contribution < -0.4 is 0 Å². The second kappa shape index (κ2) is 1.76. The molecule has 0 unspecified atom stereocenters. The Bertz CT molecular complexity index is 148. The van der Waals surface area contributed by atoms with Crippen molar-refractivity contribution in [3.8, 4) is 0 Å². The predicted molar refractivity (Wildman–Crippen MR) is 38.6 cm³/mol. The van der Waals surface area contributed by atoms with Gasteiger partial charge in [0.05, 0.1) is 16.3 Å². The van der Waals surface area contributed by atoms with E-state index in [1.165, 1.54) is 0 Å². The minimum Gasteiger partial charge on any atom is -0.286 e. The predicted octanol–water partition coefficient (Wildman–Crippen LogP) is 0.811. The van der Waals surface area contributed by atoms with Crippen LogP contribution in [-0.2, 0) is 0 Å². The molecule has 1 heterocycles. The average Bonchev–Trinajstić information content (AvgIpc) is 1.91.